The molecule has 4 aromatic rings. The maximum absolute atomic E-state index is 12.4. The highest BCUT2D eigenvalue weighted by Gasteiger charge is 2.12. The number of rotatable bonds is 8. The fourth-order valence-corrected chi connectivity index (χ4v) is 3.84. The topological polar surface area (TPSA) is 56.1 Å². The summed E-state index contributed by atoms with van der Waals surface area (Å²) in [7, 11) is 1.59. The van der Waals surface area contributed by atoms with Crippen LogP contribution in [0.3, 0.4) is 0 Å². The van der Waals surface area contributed by atoms with Gasteiger partial charge in [-0.15, -0.1) is 0 Å². The van der Waals surface area contributed by atoms with Gasteiger partial charge in [-0.2, -0.15) is 0 Å². The molecule has 0 spiro atoms. The third-order valence-electron chi connectivity index (χ3n) is 5.18. The molecule has 1 heterocycles. The summed E-state index contributed by atoms with van der Waals surface area (Å²) in [5, 5.41) is 2.99. The highest BCUT2D eigenvalue weighted by molar-refractivity contribution is 9.10. The summed E-state index contributed by atoms with van der Waals surface area (Å²) in [6.45, 7) is 1.34. The van der Waals surface area contributed by atoms with Gasteiger partial charge in [-0.25, -0.2) is 4.98 Å². The Kier molecular flexibility index (Phi) is 6.67. The second-order valence-electron chi connectivity index (χ2n) is 7.32. The van der Waals surface area contributed by atoms with Gasteiger partial charge in [0.1, 0.15) is 11.6 Å². The number of aromatic nitrogens is 2. The van der Waals surface area contributed by atoms with Crippen LogP contribution in [-0.4, -0.2) is 29.1 Å². The van der Waals surface area contributed by atoms with E-state index in [0.717, 1.165) is 40.7 Å². The van der Waals surface area contributed by atoms with Gasteiger partial charge in [-0.1, -0.05) is 46.3 Å². The van der Waals surface area contributed by atoms with E-state index < -0.39 is 0 Å². The van der Waals surface area contributed by atoms with Crippen LogP contribution in [0.1, 0.15) is 28.2 Å². The molecule has 1 aromatic heterocycles. The molecule has 1 amide bonds. The summed E-state index contributed by atoms with van der Waals surface area (Å²) in [4.78, 5) is 17.3. The van der Waals surface area contributed by atoms with Gasteiger partial charge in [0.15, 0.2) is 0 Å². The fourth-order valence-electron chi connectivity index (χ4n) is 3.58. The predicted molar refractivity (Wildman–Crippen MR) is 127 cm³/mol. The maximum atomic E-state index is 12.4. The number of aryl methyl sites for hydroxylation is 1. The molecule has 0 bridgehead atoms. The van der Waals surface area contributed by atoms with Crippen LogP contribution < -0.4 is 10.1 Å². The lowest BCUT2D eigenvalue weighted by Crippen LogP contribution is -2.25. The fraction of sp³-hybridized carbons (Fsp3) is 0.200. The first-order chi connectivity index (χ1) is 15.1. The number of nitrogens with zero attached hydrogens (tertiary/aromatic N) is 2. The summed E-state index contributed by atoms with van der Waals surface area (Å²) in [5.74, 6) is 1.61. The molecule has 0 saturated heterocycles. The summed E-state index contributed by atoms with van der Waals surface area (Å²) >= 11 is 3.50. The number of ether oxygens (including phenoxy) is 1. The van der Waals surface area contributed by atoms with E-state index in [-0.39, 0.29) is 5.91 Å². The van der Waals surface area contributed by atoms with Crippen molar-refractivity contribution in [1.29, 1.82) is 0 Å². The molecule has 0 saturated carbocycles. The molecule has 0 aliphatic heterocycles. The van der Waals surface area contributed by atoms with Gasteiger partial charge in [0.2, 0.25) is 0 Å². The van der Waals surface area contributed by atoms with E-state index in [9.17, 15) is 4.79 Å². The minimum absolute atomic E-state index is 0.0951. The van der Waals surface area contributed by atoms with E-state index in [1.54, 1.807) is 19.2 Å². The molecule has 0 aliphatic carbocycles. The van der Waals surface area contributed by atoms with E-state index in [0.29, 0.717) is 17.9 Å². The van der Waals surface area contributed by atoms with E-state index in [1.807, 2.05) is 30.3 Å². The average molecular weight is 478 g/mol. The molecule has 0 atom stereocenters. The molecular formula is C25H24BrN3O2. The van der Waals surface area contributed by atoms with Crippen molar-refractivity contribution >= 4 is 32.9 Å². The van der Waals surface area contributed by atoms with Crippen molar-refractivity contribution in [3.05, 3.63) is 94.2 Å². The van der Waals surface area contributed by atoms with Crippen molar-refractivity contribution in [2.75, 3.05) is 13.7 Å². The number of carbonyl (C=O) groups excluding carboxylic acids is 1. The lowest BCUT2D eigenvalue weighted by Gasteiger charge is -2.10. The Bertz CT molecular complexity index is 1190. The van der Waals surface area contributed by atoms with E-state index >= 15 is 0 Å². The van der Waals surface area contributed by atoms with Crippen LogP contribution in [0.2, 0.25) is 0 Å². The second-order valence-corrected chi connectivity index (χ2v) is 8.24. The van der Waals surface area contributed by atoms with Gasteiger partial charge in [-0.3, -0.25) is 4.79 Å². The SMILES string of the molecule is COc1cccc(C(=O)NCCCc2nc3ccccc3n2Cc2ccc(Br)cc2)c1. The van der Waals surface area contributed by atoms with Gasteiger partial charge in [-0.05, 0) is 54.4 Å². The summed E-state index contributed by atoms with van der Waals surface area (Å²) in [6.07, 6.45) is 1.59. The van der Waals surface area contributed by atoms with Crippen LogP contribution >= 0.6 is 15.9 Å². The van der Waals surface area contributed by atoms with Crippen LogP contribution in [0, 0.1) is 0 Å². The van der Waals surface area contributed by atoms with Gasteiger partial charge in [0.05, 0.1) is 18.1 Å². The van der Waals surface area contributed by atoms with Crippen LogP contribution in [0.25, 0.3) is 11.0 Å². The van der Waals surface area contributed by atoms with Gasteiger partial charge >= 0.3 is 0 Å². The molecule has 6 heteroatoms. The zero-order chi connectivity index (χ0) is 21.6. The van der Waals surface area contributed by atoms with Crippen LogP contribution in [0.4, 0.5) is 0 Å². The number of benzene rings is 3. The number of amides is 1. The monoisotopic (exact) mass is 477 g/mol. The number of hydrogen-bond acceptors (Lipinski definition) is 3. The molecule has 1 N–H and O–H groups in total. The normalized spacial score (nSPS) is 10.9. The lowest BCUT2D eigenvalue weighted by atomic mass is 10.2. The van der Waals surface area contributed by atoms with Gasteiger partial charge in [0, 0.05) is 29.5 Å². The molecule has 0 unspecified atom stereocenters. The Labute approximate surface area is 190 Å². The molecule has 4 rings (SSSR count). The Balaban J connectivity index is 1.43. The van der Waals surface area contributed by atoms with Crippen molar-refractivity contribution in [1.82, 2.24) is 14.9 Å². The first kappa shape index (κ1) is 21.1. The first-order valence-electron chi connectivity index (χ1n) is 10.2. The number of hydrogen-bond donors (Lipinski definition) is 1. The average Bonchev–Trinajstić information content (AvgIpc) is 3.15. The minimum atomic E-state index is -0.0951. The number of carbonyl (C=O) groups is 1. The Morgan fingerprint density at radius 3 is 2.68 bits per heavy atom. The number of imidazole rings is 1. The predicted octanol–water partition coefficient (Wildman–Crippen LogP) is 5.22. The van der Waals surface area contributed by atoms with Gasteiger partial charge < -0.3 is 14.6 Å². The molecule has 5 nitrogen and oxygen atoms in total. The zero-order valence-corrected chi connectivity index (χ0v) is 18.9. The summed E-state index contributed by atoms with van der Waals surface area (Å²) in [5.41, 5.74) is 3.94. The van der Waals surface area contributed by atoms with E-state index in [1.165, 1.54) is 5.56 Å². The molecule has 158 valence electrons. The van der Waals surface area contributed by atoms with Crippen molar-refractivity contribution in [2.45, 2.75) is 19.4 Å². The van der Waals surface area contributed by atoms with Crippen molar-refractivity contribution in [2.24, 2.45) is 0 Å². The number of methoxy groups -OCH3 is 1. The number of nitrogens with one attached hydrogen (secondary N) is 1. The zero-order valence-electron chi connectivity index (χ0n) is 17.3. The standard InChI is InChI=1S/C25H24BrN3O2/c1-31-21-7-4-6-19(16-21)25(30)27-15-5-10-24-28-22-8-2-3-9-23(22)29(24)17-18-11-13-20(26)14-12-18/h2-4,6-9,11-14,16H,5,10,15,17H2,1H3,(H,27,30). The van der Waals surface area contributed by atoms with Crippen molar-refractivity contribution < 1.29 is 9.53 Å². The summed E-state index contributed by atoms with van der Waals surface area (Å²) < 4.78 is 8.53. The molecule has 0 fully saturated rings. The number of fused-ring (bicyclic) bond motifs is 1. The lowest BCUT2D eigenvalue weighted by molar-refractivity contribution is 0.0953. The van der Waals surface area contributed by atoms with Crippen molar-refractivity contribution in [3.63, 3.8) is 0 Å². The van der Waals surface area contributed by atoms with E-state index in [2.05, 4.69) is 56.1 Å². The Morgan fingerprint density at radius 1 is 1.06 bits per heavy atom. The Hall–Kier alpha value is -3.12. The Morgan fingerprint density at radius 2 is 1.87 bits per heavy atom. The minimum Gasteiger partial charge on any atom is -0.497 e. The van der Waals surface area contributed by atoms with Crippen LogP contribution in [-0.2, 0) is 13.0 Å². The molecule has 31 heavy (non-hydrogen) atoms. The highest BCUT2D eigenvalue weighted by atomic mass is 79.9. The third-order valence-corrected chi connectivity index (χ3v) is 5.71. The quantitative estimate of drug-likeness (QED) is 0.354. The number of para-hydroxylation sites is 2. The number of halogens is 1. The smallest absolute Gasteiger partial charge is 0.251 e. The largest absolute Gasteiger partial charge is 0.497 e. The molecule has 0 radical (unpaired) electrons. The molecule has 3 aromatic carbocycles. The van der Waals surface area contributed by atoms with E-state index in [4.69, 9.17) is 9.72 Å². The summed E-state index contributed by atoms with van der Waals surface area (Å²) in [6, 6.07) is 23.7. The first-order valence-corrected chi connectivity index (χ1v) is 11.0. The van der Waals surface area contributed by atoms with Crippen LogP contribution in [0.5, 0.6) is 5.75 Å². The van der Waals surface area contributed by atoms with Crippen LogP contribution in [0.15, 0.2) is 77.3 Å². The molecule has 0 aliphatic rings. The molecular weight excluding hydrogens is 454 g/mol. The second kappa shape index (κ2) is 9.79. The maximum Gasteiger partial charge on any atom is 0.251 e. The highest BCUT2D eigenvalue weighted by Crippen LogP contribution is 2.20. The van der Waals surface area contributed by atoms with Crippen molar-refractivity contribution in [3.8, 4) is 5.75 Å². The third kappa shape index (κ3) is 5.14. The van der Waals surface area contributed by atoms with Gasteiger partial charge in [0.25, 0.3) is 5.91 Å².